The molecular weight excluding hydrogens is 333 g/mol. The Morgan fingerprint density at radius 1 is 1.26 bits per heavy atom. The molecule has 0 bridgehead atoms. The Balaban J connectivity index is 2.14. The minimum Gasteiger partial charge on any atom is -0.354 e. The summed E-state index contributed by atoms with van der Waals surface area (Å²) in [6, 6.07) is 8.71. The molecule has 0 aliphatic carbocycles. The van der Waals surface area contributed by atoms with E-state index in [1.54, 1.807) is 48.5 Å². The molecule has 6 heteroatoms. The summed E-state index contributed by atoms with van der Waals surface area (Å²) < 4.78 is 0. The van der Waals surface area contributed by atoms with E-state index in [4.69, 9.17) is 23.2 Å². The van der Waals surface area contributed by atoms with Crippen LogP contribution in [0, 0.1) is 0 Å². The summed E-state index contributed by atoms with van der Waals surface area (Å²) in [6.07, 6.45) is 3.62. The van der Waals surface area contributed by atoms with E-state index >= 15 is 0 Å². The highest BCUT2D eigenvalue weighted by molar-refractivity contribution is 6.36. The molecule has 0 saturated carbocycles. The maximum absolute atomic E-state index is 12.4. The third-order valence-electron chi connectivity index (χ3n) is 3.38. The van der Waals surface area contributed by atoms with Crippen molar-refractivity contribution in [3.8, 4) is 0 Å². The third kappa shape index (κ3) is 4.85. The van der Waals surface area contributed by atoms with Gasteiger partial charge in [0.05, 0.1) is 10.7 Å². The first-order valence-electron chi connectivity index (χ1n) is 7.45. The fourth-order valence-corrected chi connectivity index (χ4v) is 2.52. The minimum atomic E-state index is -0.0932. The molecule has 0 radical (unpaired) electrons. The van der Waals surface area contributed by atoms with Crippen LogP contribution in [0.1, 0.15) is 30.3 Å². The third-order valence-corrected chi connectivity index (χ3v) is 3.93. The molecule has 1 heterocycles. The van der Waals surface area contributed by atoms with Gasteiger partial charge in [0.25, 0.3) is 5.91 Å². The molecule has 1 amide bonds. The lowest BCUT2D eigenvalue weighted by atomic mass is 10.2. The van der Waals surface area contributed by atoms with Gasteiger partial charge in [0.1, 0.15) is 5.69 Å². The number of aromatic nitrogens is 1. The van der Waals surface area contributed by atoms with Gasteiger partial charge < -0.3 is 10.2 Å². The monoisotopic (exact) mass is 351 g/mol. The number of carbonyl (C=O) groups is 1. The standard InChI is InChI=1S/C17H19Cl2N3O/c1-3-4-9-22(2)17(23)16-11-13(7-8-20-16)21-15-6-5-12(18)10-14(15)19/h5-8,10-11H,3-4,9H2,1-2H3,(H,20,21). The molecule has 0 aliphatic heterocycles. The molecule has 1 aromatic carbocycles. The number of nitrogens with zero attached hydrogens (tertiary/aromatic N) is 2. The fourth-order valence-electron chi connectivity index (χ4n) is 2.06. The molecule has 0 unspecified atom stereocenters. The highest BCUT2D eigenvalue weighted by Gasteiger charge is 2.13. The largest absolute Gasteiger partial charge is 0.354 e. The number of hydrogen-bond acceptors (Lipinski definition) is 3. The average Bonchev–Trinajstić information content (AvgIpc) is 2.55. The van der Waals surface area contributed by atoms with Crippen molar-refractivity contribution in [3.63, 3.8) is 0 Å². The Labute approximate surface area is 146 Å². The normalized spacial score (nSPS) is 10.4. The number of benzene rings is 1. The molecule has 0 spiro atoms. The molecule has 2 aromatic rings. The maximum Gasteiger partial charge on any atom is 0.272 e. The zero-order valence-corrected chi connectivity index (χ0v) is 14.7. The Bertz CT molecular complexity index is 691. The molecule has 2 rings (SSSR count). The van der Waals surface area contributed by atoms with Crippen molar-refractivity contribution in [2.75, 3.05) is 18.9 Å². The van der Waals surface area contributed by atoms with Gasteiger partial charge in [-0.05, 0) is 36.8 Å². The van der Waals surface area contributed by atoms with Crippen LogP contribution in [-0.2, 0) is 0 Å². The second kappa shape index (κ2) is 8.18. The number of unbranched alkanes of at least 4 members (excludes halogenated alkanes) is 1. The van der Waals surface area contributed by atoms with Crippen LogP contribution in [0.5, 0.6) is 0 Å². The van der Waals surface area contributed by atoms with E-state index in [1.807, 2.05) is 0 Å². The molecular formula is C17H19Cl2N3O. The van der Waals surface area contributed by atoms with E-state index in [0.717, 1.165) is 30.8 Å². The van der Waals surface area contributed by atoms with Crippen LogP contribution in [0.4, 0.5) is 11.4 Å². The molecule has 122 valence electrons. The van der Waals surface area contributed by atoms with Crippen molar-refractivity contribution < 1.29 is 4.79 Å². The van der Waals surface area contributed by atoms with Gasteiger partial charge in [0.2, 0.25) is 0 Å². The summed E-state index contributed by atoms with van der Waals surface area (Å²) in [7, 11) is 1.79. The molecule has 0 aliphatic rings. The number of carbonyl (C=O) groups excluding carboxylic acids is 1. The van der Waals surface area contributed by atoms with E-state index in [-0.39, 0.29) is 5.91 Å². The van der Waals surface area contributed by atoms with Crippen molar-refractivity contribution >= 4 is 40.5 Å². The van der Waals surface area contributed by atoms with Gasteiger partial charge in [-0.3, -0.25) is 9.78 Å². The number of anilines is 2. The maximum atomic E-state index is 12.4. The SMILES string of the molecule is CCCCN(C)C(=O)c1cc(Nc2ccc(Cl)cc2Cl)ccn1. The van der Waals surface area contributed by atoms with Crippen LogP contribution in [0.2, 0.25) is 10.0 Å². The smallest absolute Gasteiger partial charge is 0.272 e. The molecule has 1 aromatic heterocycles. The molecule has 0 fully saturated rings. The Hall–Kier alpha value is -1.78. The predicted molar refractivity (Wildman–Crippen MR) is 95.9 cm³/mol. The van der Waals surface area contributed by atoms with Gasteiger partial charge in [0, 0.05) is 30.5 Å². The lowest BCUT2D eigenvalue weighted by molar-refractivity contribution is 0.0787. The number of halogens is 2. The predicted octanol–water partition coefficient (Wildman–Crippen LogP) is 5.00. The van der Waals surface area contributed by atoms with Crippen LogP contribution < -0.4 is 5.32 Å². The highest BCUT2D eigenvalue weighted by Crippen LogP contribution is 2.28. The lowest BCUT2D eigenvalue weighted by Crippen LogP contribution is -2.28. The summed E-state index contributed by atoms with van der Waals surface area (Å²) in [6.45, 7) is 2.81. The molecule has 23 heavy (non-hydrogen) atoms. The van der Waals surface area contributed by atoms with E-state index in [9.17, 15) is 4.79 Å². The van der Waals surface area contributed by atoms with E-state index in [0.29, 0.717) is 15.7 Å². The second-order valence-electron chi connectivity index (χ2n) is 5.26. The van der Waals surface area contributed by atoms with Crippen LogP contribution in [0.25, 0.3) is 0 Å². The Kier molecular flexibility index (Phi) is 6.25. The topological polar surface area (TPSA) is 45.2 Å². The van der Waals surface area contributed by atoms with Gasteiger partial charge >= 0.3 is 0 Å². The molecule has 4 nitrogen and oxygen atoms in total. The first-order valence-corrected chi connectivity index (χ1v) is 8.20. The average molecular weight is 352 g/mol. The Morgan fingerprint density at radius 3 is 2.74 bits per heavy atom. The van der Waals surface area contributed by atoms with Gasteiger partial charge in [0.15, 0.2) is 0 Å². The lowest BCUT2D eigenvalue weighted by Gasteiger charge is -2.16. The zero-order valence-electron chi connectivity index (χ0n) is 13.1. The number of rotatable bonds is 6. The zero-order chi connectivity index (χ0) is 16.8. The van der Waals surface area contributed by atoms with Crippen LogP contribution in [0.15, 0.2) is 36.5 Å². The first kappa shape index (κ1) is 17.6. The van der Waals surface area contributed by atoms with Crippen molar-refractivity contribution in [2.45, 2.75) is 19.8 Å². The van der Waals surface area contributed by atoms with Crippen molar-refractivity contribution in [1.82, 2.24) is 9.88 Å². The summed E-state index contributed by atoms with van der Waals surface area (Å²) in [4.78, 5) is 18.2. The number of hydrogen-bond donors (Lipinski definition) is 1. The number of nitrogens with one attached hydrogen (secondary N) is 1. The summed E-state index contributed by atoms with van der Waals surface area (Å²) >= 11 is 12.0. The van der Waals surface area contributed by atoms with Gasteiger partial charge in [-0.2, -0.15) is 0 Å². The quantitative estimate of drug-likeness (QED) is 0.795. The minimum absolute atomic E-state index is 0.0932. The van der Waals surface area contributed by atoms with Gasteiger partial charge in [-0.15, -0.1) is 0 Å². The van der Waals surface area contributed by atoms with Crippen molar-refractivity contribution in [3.05, 3.63) is 52.3 Å². The summed E-state index contributed by atoms with van der Waals surface area (Å²) in [5.41, 5.74) is 1.87. The molecule has 0 atom stereocenters. The van der Waals surface area contributed by atoms with Crippen LogP contribution in [0.3, 0.4) is 0 Å². The number of amides is 1. The van der Waals surface area contributed by atoms with Crippen molar-refractivity contribution in [2.24, 2.45) is 0 Å². The molecule has 0 saturated heterocycles. The summed E-state index contributed by atoms with van der Waals surface area (Å²) in [5.74, 6) is -0.0932. The number of pyridine rings is 1. The van der Waals surface area contributed by atoms with Crippen molar-refractivity contribution in [1.29, 1.82) is 0 Å². The van der Waals surface area contributed by atoms with Crippen LogP contribution >= 0.6 is 23.2 Å². The second-order valence-corrected chi connectivity index (χ2v) is 6.10. The highest BCUT2D eigenvalue weighted by atomic mass is 35.5. The summed E-state index contributed by atoms with van der Waals surface area (Å²) in [5, 5.41) is 4.26. The van der Waals surface area contributed by atoms with Gasteiger partial charge in [-0.25, -0.2) is 0 Å². The van der Waals surface area contributed by atoms with E-state index in [1.165, 1.54) is 0 Å². The van der Waals surface area contributed by atoms with Gasteiger partial charge in [-0.1, -0.05) is 36.5 Å². The van der Waals surface area contributed by atoms with E-state index in [2.05, 4.69) is 17.2 Å². The fraction of sp³-hybridized carbons (Fsp3) is 0.294. The first-order chi connectivity index (χ1) is 11.0. The Morgan fingerprint density at radius 2 is 2.04 bits per heavy atom. The van der Waals surface area contributed by atoms with E-state index < -0.39 is 0 Å². The van der Waals surface area contributed by atoms with Crippen LogP contribution in [-0.4, -0.2) is 29.4 Å². The molecule has 1 N–H and O–H groups in total.